The van der Waals surface area contributed by atoms with Crippen LogP contribution in [-0.4, -0.2) is 29.0 Å². The van der Waals surface area contributed by atoms with E-state index in [1.807, 2.05) is 12.4 Å². The minimum atomic E-state index is 0.146. The van der Waals surface area contributed by atoms with E-state index in [0.717, 1.165) is 13.1 Å². The Balaban J connectivity index is 2.78. The van der Waals surface area contributed by atoms with Crippen molar-refractivity contribution in [2.45, 2.75) is 51.6 Å². The Bertz CT molecular complexity index is 318. The molecule has 0 radical (unpaired) electrons. The highest BCUT2D eigenvalue weighted by molar-refractivity contribution is 5.10. The molecule has 1 aromatic rings. The first-order valence-electron chi connectivity index (χ1n) is 6.98. The van der Waals surface area contributed by atoms with Crippen LogP contribution in [0, 0.1) is 0 Å². The van der Waals surface area contributed by atoms with Crippen LogP contribution in [-0.2, 0) is 6.54 Å². The first-order chi connectivity index (χ1) is 8.68. The topological polar surface area (TPSA) is 42.1 Å². The van der Waals surface area contributed by atoms with Crippen molar-refractivity contribution in [2.75, 3.05) is 13.6 Å². The molecule has 0 aliphatic rings. The number of likely N-dealkylation sites (N-methyl/N-ethyl adjacent to an activating group) is 1. The molecule has 3 heteroatoms. The molecular weight excluding hydrogens is 222 g/mol. The van der Waals surface area contributed by atoms with E-state index in [0.29, 0.717) is 0 Å². The maximum Gasteiger partial charge on any atom is 0.0332 e. The number of hydrogen-bond donors (Lipinski definition) is 1. The van der Waals surface area contributed by atoms with Gasteiger partial charge in [0.1, 0.15) is 0 Å². The van der Waals surface area contributed by atoms with Crippen molar-refractivity contribution in [1.82, 2.24) is 9.88 Å². The van der Waals surface area contributed by atoms with Gasteiger partial charge in [-0.25, -0.2) is 0 Å². The summed E-state index contributed by atoms with van der Waals surface area (Å²) in [5.74, 6) is 0. The van der Waals surface area contributed by atoms with Crippen molar-refractivity contribution < 1.29 is 0 Å². The highest BCUT2D eigenvalue weighted by atomic mass is 15.2. The molecule has 18 heavy (non-hydrogen) atoms. The lowest BCUT2D eigenvalue weighted by Gasteiger charge is -2.41. The van der Waals surface area contributed by atoms with Crippen LogP contribution in [0.25, 0.3) is 0 Å². The summed E-state index contributed by atoms with van der Waals surface area (Å²) < 4.78 is 0. The molecule has 0 saturated carbocycles. The van der Waals surface area contributed by atoms with Crippen molar-refractivity contribution in [1.29, 1.82) is 0 Å². The van der Waals surface area contributed by atoms with Crippen LogP contribution in [0.3, 0.4) is 0 Å². The van der Waals surface area contributed by atoms with Crippen LogP contribution in [0.2, 0.25) is 0 Å². The van der Waals surface area contributed by atoms with Gasteiger partial charge in [-0.05, 0) is 37.6 Å². The minimum absolute atomic E-state index is 0.146. The van der Waals surface area contributed by atoms with Crippen molar-refractivity contribution in [2.24, 2.45) is 5.73 Å². The van der Waals surface area contributed by atoms with Crippen LogP contribution < -0.4 is 5.73 Å². The van der Waals surface area contributed by atoms with Crippen molar-refractivity contribution in [3.63, 3.8) is 0 Å². The van der Waals surface area contributed by atoms with E-state index >= 15 is 0 Å². The van der Waals surface area contributed by atoms with Gasteiger partial charge < -0.3 is 5.73 Å². The standard InChI is InChI=1S/C15H27N3/c1-4-8-15(13-16,9-5-2)18(3)12-14-6-10-17-11-7-14/h6-7,10-11H,4-5,8-9,12-13,16H2,1-3H3. The summed E-state index contributed by atoms with van der Waals surface area (Å²) in [4.78, 5) is 6.49. The quantitative estimate of drug-likeness (QED) is 0.770. The van der Waals surface area contributed by atoms with Gasteiger partial charge in [0.25, 0.3) is 0 Å². The highest BCUT2D eigenvalue weighted by Crippen LogP contribution is 2.26. The third-order valence-electron chi connectivity index (χ3n) is 3.79. The van der Waals surface area contributed by atoms with Crippen molar-refractivity contribution in [3.05, 3.63) is 30.1 Å². The second-order valence-corrected chi connectivity index (χ2v) is 5.14. The van der Waals surface area contributed by atoms with Crippen molar-refractivity contribution >= 4 is 0 Å². The molecule has 0 aliphatic carbocycles. The lowest BCUT2D eigenvalue weighted by atomic mass is 9.86. The minimum Gasteiger partial charge on any atom is -0.329 e. The monoisotopic (exact) mass is 249 g/mol. The first-order valence-corrected chi connectivity index (χ1v) is 6.98. The maximum absolute atomic E-state index is 6.08. The van der Waals surface area contributed by atoms with Gasteiger partial charge in [-0.1, -0.05) is 26.7 Å². The van der Waals surface area contributed by atoms with E-state index in [-0.39, 0.29) is 5.54 Å². The molecule has 0 spiro atoms. The van der Waals surface area contributed by atoms with Crippen LogP contribution >= 0.6 is 0 Å². The van der Waals surface area contributed by atoms with E-state index in [1.165, 1.54) is 31.2 Å². The Hall–Kier alpha value is -0.930. The normalized spacial score (nSPS) is 12.1. The molecular formula is C15H27N3. The number of hydrogen-bond acceptors (Lipinski definition) is 3. The second kappa shape index (κ2) is 7.49. The van der Waals surface area contributed by atoms with Gasteiger partial charge in [-0.2, -0.15) is 0 Å². The molecule has 2 N–H and O–H groups in total. The molecule has 1 aromatic heterocycles. The average Bonchev–Trinajstić information content (AvgIpc) is 2.39. The Morgan fingerprint density at radius 3 is 2.17 bits per heavy atom. The number of nitrogens with zero attached hydrogens (tertiary/aromatic N) is 2. The fourth-order valence-electron chi connectivity index (χ4n) is 2.73. The molecule has 0 bridgehead atoms. The summed E-state index contributed by atoms with van der Waals surface area (Å²) in [6, 6.07) is 4.16. The van der Waals surface area contributed by atoms with E-state index in [9.17, 15) is 0 Å². The van der Waals surface area contributed by atoms with Gasteiger partial charge in [0.15, 0.2) is 0 Å². The Kier molecular flexibility index (Phi) is 6.30. The molecule has 102 valence electrons. The SMILES string of the molecule is CCCC(CN)(CCC)N(C)Cc1ccncc1. The highest BCUT2D eigenvalue weighted by Gasteiger charge is 2.31. The molecule has 0 unspecified atom stereocenters. The first kappa shape index (κ1) is 15.1. The number of nitrogens with two attached hydrogens (primary N) is 1. The van der Waals surface area contributed by atoms with Crippen LogP contribution in [0.1, 0.15) is 45.1 Å². The molecule has 3 nitrogen and oxygen atoms in total. The van der Waals surface area contributed by atoms with E-state index in [4.69, 9.17) is 5.73 Å². The predicted molar refractivity (Wildman–Crippen MR) is 77.3 cm³/mol. The molecule has 0 fully saturated rings. The summed E-state index contributed by atoms with van der Waals surface area (Å²) in [6.07, 6.45) is 8.40. The van der Waals surface area contributed by atoms with Gasteiger partial charge in [0.05, 0.1) is 0 Å². The summed E-state index contributed by atoms with van der Waals surface area (Å²) >= 11 is 0. The fourth-order valence-corrected chi connectivity index (χ4v) is 2.73. The van der Waals surface area contributed by atoms with Gasteiger partial charge in [0.2, 0.25) is 0 Å². The Morgan fingerprint density at radius 1 is 1.17 bits per heavy atom. The van der Waals surface area contributed by atoms with Crippen LogP contribution in [0.5, 0.6) is 0 Å². The molecule has 0 amide bonds. The van der Waals surface area contributed by atoms with Crippen LogP contribution in [0.4, 0.5) is 0 Å². The van der Waals surface area contributed by atoms with Gasteiger partial charge >= 0.3 is 0 Å². The Labute approximate surface area is 111 Å². The second-order valence-electron chi connectivity index (χ2n) is 5.14. The van der Waals surface area contributed by atoms with Gasteiger partial charge in [0, 0.05) is 31.0 Å². The lowest BCUT2D eigenvalue weighted by molar-refractivity contribution is 0.0955. The lowest BCUT2D eigenvalue weighted by Crippen LogP contribution is -2.51. The molecule has 1 heterocycles. The zero-order valence-corrected chi connectivity index (χ0v) is 12.0. The zero-order chi connectivity index (χ0) is 13.4. The zero-order valence-electron chi connectivity index (χ0n) is 12.0. The molecule has 0 aliphatic heterocycles. The number of aromatic nitrogens is 1. The predicted octanol–water partition coefficient (Wildman–Crippen LogP) is 2.81. The summed E-state index contributed by atoms with van der Waals surface area (Å²) in [5, 5.41) is 0. The summed E-state index contributed by atoms with van der Waals surface area (Å²) in [7, 11) is 2.19. The average molecular weight is 249 g/mol. The number of rotatable bonds is 8. The van der Waals surface area contributed by atoms with Gasteiger partial charge in [-0.3, -0.25) is 9.88 Å². The molecule has 0 atom stereocenters. The third-order valence-corrected chi connectivity index (χ3v) is 3.79. The van der Waals surface area contributed by atoms with E-state index < -0.39 is 0 Å². The summed E-state index contributed by atoms with van der Waals surface area (Å²) in [5.41, 5.74) is 7.53. The fraction of sp³-hybridized carbons (Fsp3) is 0.667. The smallest absolute Gasteiger partial charge is 0.0332 e. The van der Waals surface area contributed by atoms with Crippen LogP contribution in [0.15, 0.2) is 24.5 Å². The summed E-state index contributed by atoms with van der Waals surface area (Å²) in [6.45, 7) is 6.15. The largest absolute Gasteiger partial charge is 0.329 e. The third kappa shape index (κ3) is 3.79. The molecule has 0 saturated heterocycles. The van der Waals surface area contributed by atoms with Crippen molar-refractivity contribution in [3.8, 4) is 0 Å². The molecule has 1 rings (SSSR count). The van der Waals surface area contributed by atoms with E-state index in [1.54, 1.807) is 0 Å². The number of pyridine rings is 1. The maximum atomic E-state index is 6.08. The molecule has 0 aromatic carbocycles. The van der Waals surface area contributed by atoms with E-state index in [2.05, 4.69) is 42.9 Å². The Morgan fingerprint density at radius 2 is 1.72 bits per heavy atom. The van der Waals surface area contributed by atoms with Gasteiger partial charge in [-0.15, -0.1) is 0 Å².